The molecule has 0 radical (unpaired) electrons. The lowest BCUT2D eigenvalue weighted by Crippen LogP contribution is -2.10. The first-order valence-electron chi connectivity index (χ1n) is 6.65. The summed E-state index contributed by atoms with van der Waals surface area (Å²) in [5.41, 5.74) is 7.59. The van der Waals surface area contributed by atoms with Crippen LogP contribution in [0, 0.1) is 0 Å². The molecule has 21 heavy (non-hydrogen) atoms. The van der Waals surface area contributed by atoms with Crippen LogP contribution in [-0.2, 0) is 5.41 Å². The van der Waals surface area contributed by atoms with E-state index in [1.807, 2.05) is 18.2 Å². The van der Waals surface area contributed by atoms with E-state index in [1.54, 1.807) is 18.2 Å². The van der Waals surface area contributed by atoms with Crippen LogP contribution >= 0.6 is 23.8 Å². The molecule has 0 bridgehead atoms. The molecule has 0 unspecified atom stereocenters. The standard InChI is InChI=1S/C17H18ClNOS/c1-17(2,3)12-5-4-6-13(10-12)20-15-8-7-11(16(19)21)9-14(15)18/h4-10H,1-3H3,(H2,19,21). The first-order valence-corrected chi connectivity index (χ1v) is 7.44. The van der Waals surface area contributed by atoms with Gasteiger partial charge in [0.1, 0.15) is 16.5 Å². The van der Waals surface area contributed by atoms with Gasteiger partial charge in [0, 0.05) is 5.56 Å². The van der Waals surface area contributed by atoms with Crippen LogP contribution in [0.1, 0.15) is 31.9 Å². The van der Waals surface area contributed by atoms with Gasteiger partial charge in [-0.1, -0.05) is 56.7 Å². The minimum atomic E-state index is 0.0682. The summed E-state index contributed by atoms with van der Waals surface area (Å²) >= 11 is 11.1. The maximum Gasteiger partial charge on any atom is 0.146 e. The second kappa shape index (κ2) is 6.04. The second-order valence-electron chi connectivity index (χ2n) is 5.89. The van der Waals surface area contributed by atoms with Gasteiger partial charge in [-0.2, -0.15) is 0 Å². The number of nitrogens with two attached hydrogens (primary N) is 1. The fourth-order valence-corrected chi connectivity index (χ4v) is 2.24. The molecular formula is C17H18ClNOS. The first kappa shape index (κ1) is 15.8. The lowest BCUT2D eigenvalue weighted by Gasteiger charge is -2.20. The van der Waals surface area contributed by atoms with Crippen LogP contribution in [0.4, 0.5) is 0 Å². The van der Waals surface area contributed by atoms with Crippen LogP contribution < -0.4 is 10.5 Å². The Morgan fingerprint density at radius 3 is 2.43 bits per heavy atom. The molecule has 0 amide bonds. The number of rotatable bonds is 3. The summed E-state index contributed by atoms with van der Waals surface area (Å²) in [4.78, 5) is 0.318. The lowest BCUT2D eigenvalue weighted by atomic mass is 9.87. The van der Waals surface area contributed by atoms with Crippen molar-refractivity contribution in [3.8, 4) is 11.5 Å². The van der Waals surface area contributed by atoms with E-state index in [-0.39, 0.29) is 5.41 Å². The van der Waals surface area contributed by atoms with Crippen LogP contribution in [0.15, 0.2) is 42.5 Å². The van der Waals surface area contributed by atoms with E-state index in [2.05, 4.69) is 26.8 Å². The Morgan fingerprint density at radius 2 is 1.86 bits per heavy atom. The SMILES string of the molecule is CC(C)(C)c1cccc(Oc2ccc(C(N)=S)cc2Cl)c1. The topological polar surface area (TPSA) is 35.2 Å². The number of halogens is 1. The zero-order chi connectivity index (χ0) is 15.6. The van der Waals surface area contributed by atoms with Gasteiger partial charge in [0.15, 0.2) is 0 Å². The van der Waals surface area contributed by atoms with Crippen molar-refractivity contribution in [1.82, 2.24) is 0 Å². The van der Waals surface area contributed by atoms with E-state index in [9.17, 15) is 0 Å². The fraction of sp³-hybridized carbons (Fsp3) is 0.235. The van der Waals surface area contributed by atoms with Crippen LogP contribution in [-0.4, -0.2) is 4.99 Å². The summed E-state index contributed by atoms with van der Waals surface area (Å²) < 4.78 is 5.86. The quantitative estimate of drug-likeness (QED) is 0.803. The molecule has 0 fully saturated rings. The summed E-state index contributed by atoms with van der Waals surface area (Å²) in [6.07, 6.45) is 0. The van der Waals surface area contributed by atoms with E-state index >= 15 is 0 Å². The largest absolute Gasteiger partial charge is 0.456 e. The Bertz CT molecular complexity index is 677. The predicted octanol–water partition coefficient (Wildman–Crippen LogP) is 5.06. The van der Waals surface area contributed by atoms with Gasteiger partial charge < -0.3 is 10.5 Å². The average Bonchev–Trinajstić information content (AvgIpc) is 2.40. The van der Waals surface area contributed by atoms with E-state index in [4.69, 9.17) is 34.3 Å². The van der Waals surface area contributed by atoms with Gasteiger partial charge in [0.2, 0.25) is 0 Å². The van der Waals surface area contributed by atoms with Gasteiger partial charge in [0.25, 0.3) is 0 Å². The molecule has 2 aromatic carbocycles. The minimum absolute atomic E-state index is 0.0682. The summed E-state index contributed by atoms with van der Waals surface area (Å²) in [5, 5.41) is 0.487. The summed E-state index contributed by atoms with van der Waals surface area (Å²) in [5.74, 6) is 1.34. The second-order valence-corrected chi connectivity index (χ2v) is 6.74. The minimum Gasteiger partial charge on any atom is -0.456 e. The van der Waals surface area contributed by atoms with E-state index in [0.717, 1.165) is 11.3 Å². The van der Waals surface area contributed by atoms with Crippen molar-refractivity contribution in [1.29, 1.82) is 0 Å². The van der Waals surface area contributed by atoms with Gasteiger partial charge in [-0.15, -0.1) is 0 Å². The Hall–Kier alpha value is -1.58. The Kier molecular flexibility index (Phi) is 4.55. The monoisotopic (exact) mass is 319 g/mol. The highest BCUT2D eigenvalue weighted by molar-refractivity contribution is 7.80. The molecule has 0 aromatic heterocycles. The molecule has 110 valence electrons. The Morgan fingerprint density at radius 1 is 1.14 bits per heavy atom. The molecule has 2 rings (SSSR count). The van der Waals surface area contributed by atoms with Crippen LogP contribution in [0.25, 0.3) is 0 Å². The molecule has 0 heterocycles. The molecule has 0 aliphatic rings. The van der Waals surface area contributed by atoms with Crippen molar-refractivity contribution in [2.45, 2.75) is 26.2 Å². The maximum atomic E-state index is 6.21. The normalized spacial score (nSPS) is 11.2. The third kappa shape index (κ3) is 3.96. The van der Waals surface area contributed by atoms with Gasteiger partial charge in [-0.05, 0) is 41.3 Å². The zero-order valence-electron chi connectivity index (χ0n) is 12.3. The number of ether oxygens (including phenoxy) is 1. The van der Waals surface area contributed by atoms with E-state index in [0.29, 0.717) is 15.8 Å². The van der Waals surface area contributed by atoms with Gasteiger partial charge in [-0.3, -0.25) is 0 Å². The lowest BCUT2D eigenvalue weighted by molar-refractivity contribution is 0.479. The molecule has 0 aliphatic heterocycles. The number of thiocarbonyl (C=S) groups is 1. The van der Waals surface area contributed by atoms with Gasteiger partial charge in [0.05, 0.1) is 5.02 Å². The number of hydrogen-bond donors (Lipinski definition) is 1. The molecule has 2 aromatic rings. The Balaban J connectivity index is 2.28. The van der Waals surface area contributed by atoms with Gasteiger partial charge >= 0.3 is 0 Å². The third-order valence-electron chi connectivity index (χ3n) is 3.14. The highest BCUT2D eigenvalue weighted by Gasteiger charge is 2.14. The van der Waals surface area contributed by atoms with Crippen LogP contribution in [0.3, 0.4) is 0 Å². The molecule has 0 spiro atoms. The highest BCUT2D eigenvalue weighted by atomic mass is 35.5. The molecule has 0 aliphatic carbocycles. The Labute approximate surface area is 135 Å². The van der Waals surface area contributed by atoms with Crippen LogP contribution in [0.5, 0.6) is 11.5 Å². The molecule has 0 saturated carbocycles. The van der Waals surface area contributed by atoms with Gasteiger partial charge in [-0.25, -0.2) is 0 Å². The molecular weight excluding hydrogens is 302 g/mol. The van der Waals surface area contributed by atoms with E-state index in [1.165, 1.54) is 5.56 Å². The van der Waals surface area contributed by atoms with Crippen molar-refractivity contribution in [2.24, 2.45) is 5.73 Å². The summed E-state index contributed by atoms with van der Waals surface area (Å²) in [6.45, 7) is 6.49. The smallest absolute Gasteiger partial charge is 0.146 e. The molecule has 2 nitrogen and oxygen atoms in total. The third-order valence-corrected chi connectivity index (χ3v) is 3.68. The van der Waals surface area contributed by atoms with Crippen molar-refractivity contribution < 1.29 is 4.74 Å². The van der Waals surface area contributed by atoms with E-state index < -0.39 is 0 Å². The molecule has 0 saturated heterocycles. The maximum absolute atomic E-state index is 6.21. The summed E-state index contributed by atoms with van der Waals surface area (Å²) in [7, 11) is 0. The van der Waals surface area contributed by atoms with Crippen molar-refractivity contribution in [2.75, 3.05) is 0 Å². The summed E-state index contributed by atoms with van der Waals surface area (Å²) in [6, 6.07) is 13.3. The number of hydrogen-bond acceptors (Lipinski definition) is 2. The first-order chi connectivity index (χ1) is 9.77. The van der Waals surface area contributed by atoms with Crippen molar-refractivity contribution in [3.05, 3.63) is 58.6 Å². The zero-order valence-corrected chi connectivity index (χ0v) is 13.9. The molecule has 4 heteroatoms. The average molecular weight is 320 g/mol. The molecule has 0 atom stereocenters. The van der Waals surface area contributed by atoms with Crippen LogP contribution in [0.2, 0.25) is 5.02 Å². The molecule has 2 N–H and O–H groups in total. The highest BCUT2D eigenvalue weighted by Crippen LogP contribution is 2.32. The van der Waals surface area contributed by atoms with Crippen molar-refractivity contribution >= 4 is 28.8 Å². The fourth-order valence-electron chi connectivity index (χ4n) is 1.89. The predicted molar refractivity (Wildman–Crippen MR) is 92.6 cm³/mol. The number of benzene rings is 2. The van der Waals surface area contributed by atoms with Crippen molar-refractivity contribution in [3.63, 3.8) is 0 Å².